The Bertz CT molecular complexity index is 404. The average molecular weight is 247 g/mol. The van der Waals surface area contributed by atoms with Crippen molar-refractivity contribution in [3.8, 4) is 0 Å². The quantitative estimate of drug-likeness (QED) is 0.582. The van der Waals surface area contributed by atoms with Gasteiger partial charge in [-0.25, -0.2) is 8.78 Å². The number of hydrogen-bond donors (Lipinski definition) is 0. The van der Waals surface area contributed by atoms with E-state index in [0.717, 1.165) is 18.6 Å². The number of halogens is 3. The maximum absolute atomic E-state index is 13.1. The number of Topliss-reactive ketones (excluding diaryl/α,β-unsaturated/α-hetero) is 1. The molecule has 1 unspecified atom stereocenters. The predicted octanol–water partition coefficient (Wildman–Crippen LogP) is 3.90. The fourth-order valence-corrected chi connectivity index (χ4v) is 1.65. The van der Waals surface area contributed by atoms with Crippen LogP contribution in [0.2, 0.25) is 0 Å². The van der Waals surface area contributed by atoms with Gasteiger partial charge in [0.05, 0.1) is 5.88 Å². The molecular formula is C12H13ClF2O. The summed E-state index contributed by atoms with van der Waals surface area (Å²) in [4.78, 5) is 11.5. The summed E-state index contributed by atoms with van der Waals surface area (Å²) < 4.78 is 26.2. The van der Waals surface area contributed by atoms with E-state index in [0.29, 0.717) is 5.56 Å². The zero-order valence-electron chi connectivity index (χ0n) is 9.19. The second kappa shape index (κ2) is 5.39. The summed E-state index contributed by atoms with van der Waals surface area (Å²) in [7, 11) is 0. The van der Waals surface area contributed by atoms with E-state index >= 15 is 0 Å². The highest BCUT2D eigenvalue weighted by atomic mass is 35.5. The van der Waals surface area contributed by atoms with Crippen molar-refractivity contribution in [2.45, 2.75) is 26.2 Å². The fraction of sp³-hybridized carbons (Fsp3) is 0.417. The lowest BCUT2D eigenvalue weighted by Gasteiger charge is -2.14. The first-order valence-corrected chi connectivity index (χ1v) is 5.62. The molecule has 0 fully saturated rings. The lowest BCUT2D eigenvalue weighted by atomic mass is 9.92. The van der Waals surface area contributed by atoms with Crippen LogP contribution in [-0.4, -0.2) is 11.7 Å². The number of alkyl halides is 1. The molecule has 0 aliphatic carbocycles. The van der Waals surface area contributed by atoms with Crippen LogP contribution in [0.5, 0.6) is 0 Å². The van der Waals surface area contributed by atoms with Gasteiger partial charge >= 0.3 is 0 Å². The molecule has 0 aromatic heterocycles. The monoisotopic (exact) mass is 246 g/mol. The third kappa shape index (κ3) is 2.59. The Kier molecular flexibility index (Phi) is 4.42. The van der Waals surface area contributed by atoms with Gasteiger partial charge in [-0.2, -0.15) is 0 Å². The summed E-state index contributed by atoms with van der Waals surface area (Å²) in [6, 6.07) is 2.02. The standard InChI is InChI=1S/C12H13ClF2O/c1-3-7(2)8-4-10(14)11(15)5-9(8)12(16)6-13/h4-5,7H,3,6H2,1-2H3. The highest BCUT2D eigenvalue weighted by Crippen LogP contribution is 2.25. The predicted molar refractivity (Wildman–Crippen MR) is 60.1 cm³/mol. The Morgan fingerprint density at radius 2 is 1.94 bits per heavy atom. The maximum atomic E-state index is 13.1. The molecule has 0 bridgehead atoms. The summed E-state index contributed by atoms with van der Waals surface area (Å²) in [5.41, 5.74) is 0.704. The van der Waals surface area contributed by atoms with Crippen molar-refractivity contribution < 1.29 is 13.6 Å². The van der Waals surface area contributed by atoms with Gasteiger partial charge in [0.1, 0.15) is 0 Å². The van der Waals surface area contributed by atoms with Gasteiger partial charge in [0.15, 0.2) is 17.4 Å². The van der Waals surface area contributed by atoms with E-state index in [-0.39, 0.29) is 23.1 Å². The molecule has 0 saturated carbocycles. The molecule has 0 radical (unpaired) electrons. The molecule has 4 heteroatoms. The molecule has 0 spiro atoms. The summed E-state index contributed by atoms with van der Waals surface area (Å²) in [5.74, 6) is -2.55. The maximum Gasteiger partial charge on any atom is 0.177 e. The molecule has 1 aromatic carbocycles. The van der Waals surface area contributed by atoms with Crippen LogP contribution < -0.4 is 0 Å². The van der Waals surface area contributed by atoms with E-state index < -0.39 is 11.6 Å². The van der Waals surface area contributed by atoms with Crippen molar-refractivity contribution in [3.05, 3.63) is 34.9 Å². The topological polar surface area (TPSA) is 17.1 Å². The zero-order chi connectivity index (χ0) is 12.3. The van der Waals surface area contributed by atoms with Crippen LogP contribution in [0.3, 0.4) is 0 Å². The third-order valence-electron chi connectivity index (χ3n) is 2.66. The van der Waals surface area contributed by atoms with Crippen molar-refractivity contribution in [1.29, 1.82) is 0 Å². The van der Waals surface area contributed by atoms with Crippen molar-refractivity contribution in [3.63, 3.8) is 0 Å². The first-order valence-electron chi connectivity index (χ1n) is 5.09. The zero-order valence-corrected chi connectivity index (χ0v) is 9.94. The highest BCUT2D eigenvalue weighted by molar-refractivity contribution is 6.30. The SMILES string of the molecule is CCC(C)c1cc(F)c(F)cc1C(=O)CCl. The van der Waals surface area contributed by atoms with Crippen molar-refractivity contribution in [1.82, 2.24) is 0 Å². The largest absolute Gasteiger partial charge is 0.293 e. The first-order chi connectivity index (χ1) is 7.51. The van der Waals surface area contributed by atoms with E-state index in [9.17, 15) is 13.6 Å². The number of benzene rings is 1. The molecule has 88 valence electrons. The first kappa shape index (κ1) is 13.1. The van der Waals surface area contributed by atoms with Gasteiger partial charge in [0.2, 0.25) is 0 Å². The number of carbonyl (C=O) groups excluding carboxylic acids is 1. The number of rotatable bonds is 4. The van der Waals surface area contributed by atoms with Crippen LogP contribution in [0.1, 0.15) is 42.1 Å². The number of hydrogen-bond acceptors (Lipinski definition) is 1. The summed E-state index contributed by atoms with van der Waals surface area (Å²) in [5, 5.41) is 0. The minimum absolute atomic E-state index is 0.00253. The summed E-state index contributed by atoms with van der Waals surface area (Å²) in [6.45, 7) is 3.78. The second-order valence-electron chi connectivity index (χ2n) is 3.72. The fourth-order valence-electron chi connectivity index (χ4n) is 1.50. The van der Waals surface area contributed by atoms with Gasteiger partial charge in [0, 0.05) is 5.56 Å². The molecule has 0 heterocycles. The number of ketones is 1. The van der Waals surface area contributed by atoms with Gasteiger partial charge in [-0.15, -0.1) is 11.6 Å². The molecule has 1 atom stereocenters. The third-order valence-corrected chi connectivity index (χ3v) is 2.90. The van der Waals surface area contributed by atoms with Crippen LogP contribution in [0.25, 0.3) is 0 Å². The van der Waals surface area contributed by atoms with Gasteiger partial charge in [0.25, 0.3) is 0 Å². The van der Waals surface area contributed by atoms with Gasteiger partial charge in [-0.1, -0.05) is 13.8 Å². The molecule has 1 nitrogen and oxygen atoms in total. The van der Waals surface area contributed by atoms with Crippen LogP contribution in [0.4, 0.5) is 8.78 Å². The van der Waals surface area contributed by atoms with Gasteiger partial charge in [-0.05, 0) is 30.0 Å². The molecule has 0 aliphatic rings. The normalized spacial score (nSPS) is 12.6. The van der Waals surface area contributed by atoms with Crippen LogP contribution in [-0.2, 0) is 0 Å². The molecule has 16 heavy (non-hydrogen) atoms. The summed E-state index contributed by atoms with van der Waals surface area (Å²) >= 11 is 5.43. The lowest BCUT2D eigenvalue weighted by Crippen LogP contribution is -2.09. The van der Waals surface area contributed by atoms with E-state index in [1.165, 1.54) is 0 Å². The Hall–Kier alpha value is -0.960. The summed E-state index contributed by atoms with van der Waals surface area (Å²) in [6.07, 6.45) is 0.744. The minimum Gasteiger partial charge on any atom is -0.293 e. The second-order valence-corrected chi connectivity index (χ2v) is 3.99. The molecule has 1 aromatic rings. The average Bonchev–Trinajstić information content (AvgIpc) is 2.30. The van der Waals surface area contributed by atoms with Crippen molar-refractivity contribution >= 4 is 17.4 Å². The molecule has 0 N–H and O–H groups in total. The molecular weight excluding hydrogens is 234 g/mol. The molecule has 0 aliphatic heterocycles. The molecule has 0 saturated heterocycles. The Balaban J connectivity index is 3.32. The van der Waals surface area contributed by atoms with Gasteiger partial charge in [-0.3, -0.25) is 4.79 Å². The Morgan fingerprint density at radius 1 is 1.38 bits per heavy atom. The van der Waals surface area contributed by atoms with E-state index in [4.69, 9.17) is 11.6 Å². The van der Waals surface area contributed by atoms with Crippen LogP contribution in [0.15, 0.2) is 12.1 Å². The van der Waals surface area contributed by atoms with Crippen LogP contribution in [0, 0.1) is 11.6 Å². The minimum atomic E-state index is -1.01. The van der Waals surface area contributed by atoms with Crippen molar-refractivity contribution in [2.24, 2.45) is 0 Å². The Morgan fingerprint density at radius 3 is 2.44 bits per heavy atom. The van der Waals surface area contributed by atoms with E-state index in [1.54, 1.807) is 0 Å². The highest BCUT2D eigenvalue weighted by Gasteiger charge is 2.18. The molecule has 0 amide bonds. The Labute approximate surface area is 98.4 Å². The van der Waals surface area contributed by atoms with Crippen LogP contribution >= 0.6 is 11.6 Å². The van der Waals surface area contributed by atoms with Gasteiger partial charge < -0.3 is 0 Å². The van der Waals surface area contributed by atoms with Crippen molar-refractivity contribution in [2.75, 3.05) is 5.88 Å². The van der Waals surface area contributed by atoms with E-state index in [1.807, 2.05) is 13.8 Å². The lowest BCUT2D eigenvalue weighted by molar-refractivity contribution is 0.101. The number of carbonyl (C=O) groups is 1. The molecule has 1 rings (SSSR count). The smallest absolute Gasteiger partial charge is 0.177 e. The van der Waals surface area contributed by atoms with E-state index in [2.05, 4.69) is 0 Å².